The van der Waals surface area contributed by atoms with E-state index in [1.54, 1.807) is 11.3 Å². The second-order valence-electron chi connectivity index (χ2n) is 6.88. The van der Waals surface area contributed by atoms with Crippen molar-refractivity contribution in [2.24, 2.45) is 0 Å². The fourth-order valence-electron chi connectivity index (χ4n) is 3.59. The number of nitrogens with one attached hydrogen (secondary N) is 1. The number of H-pyrrole nitrogens is 1. The van der Waals surface area contributed by atoms with Gasteiger partial charge in [0.05, 0.1) is 11.1 Å². The summed E-state index contributed by atoms with van der Waals surface area (Å²) in [4.78, 5) is 26.8. The molecule has 0 unspecified atom stereocenters. The van der Waals surface area contributed by atoms with E-state index in [1.807, 2.05) is 31.2 Å². The first kappa shape index (κ1) is 17.6. The van der Waals surface area contributed by atoms with E-state index < -0.39 is 0 Å². The Labute approximate surface area is 169 Å². The molecule has 0 fully saturated rings. The van der Waals surface area contributed by atoms with Crippen LogP contribution < -0.4 is 5.56 Å². The molecule has 0 amide bonds. The zero-order chi connectivity index (χ0) is 19.1. The van der Waals surface area contributed by atoms with E-state index in [4.69, 9.17) is 4.52 Å². The number of rotatable bonds is 4. The largest absolute Gasteiger partial charge is 0.338 e. The lowest BCUT2D eigenvalue weighted by molar-refractivity contribution is 0.391. The lowest BCUT2D eigenvalue weighted by Gasteiger charge is -2.09. The first-order valence-corrected chi connectivity index (χ1v) is 11.1. The van der Waals surface area contributed by atoms with E-state index in [1.165, 1.54) is 28.6 Å². The number of thiophene rings is 1. The van der Waals surface area contributed by atoms with Crippen LogP contribution in [0.2, 0.25) is 0 Å². The number of nitrogens with zero attached hydrogens (tertiary/aromatic N) is 3. The lowest BCUT2D eigenvalue weighted by atomic mass is 9.97. The summed E-state index contributed by atoms with van der Waals surface area (Å²) < 4.78 is 5.38. The van der Waals surface area contributed by atoms with Crippen molar-refractivity contribution in [3.63, 3.8) is 0 Å². The molecular weight excluding hydrogens is 392 g/mol. The van der Waals surface area contributed by atoms with Crippen LogP contribution in [0.5, 0.6) is 0 Å². The maximum absolute atomic E-state index is 12.6. The standard InChI is InChI=1S/C20H18N4O2S2/c1-11-6-2-3-7-12(11)17-21-15(26-24-17)10-27-20-22-18(25)16-13-8-4-5-9-14(13)28-19(16)23-20/h2-3,6-7H,4-5,8-10H2,1H3,(H,22,23,25). The van der Waals surface area contributed by atoms with Gasteiger partial charge in [0.2, 0.25) is 11.7 Å². The fraction of sp³-hybridized carbons (Fsp3) is 0.300. The second-order valence-corrected chi connectivity index (χ2v) is 8.93. The SMILES string of the molecule is Cc1ccccc1-c1noc(CSc2nc3sc4c(c3c(=O)[nH]2)CCCC4)n1. The monoisotopic (exact) mass is 410 g/mol. The summed E-state index contributed by atoms with van der Waals surface area (Å²) in [5, 5.41) is 5.45. The summed E-state index contributed by atoms with van der Waals surface area (Å²) in [5.74, 6) is 1.55. The van der Waals surface area contributed by atoms with Gasteiger partial charge in [0.25, 0.3) is 5.56 Å². The molecule has 0 bridgehead atoms. The number of benzene rings is 1. The average molecular weight is 411 g/mol. The van der Waals surface area contributed by atoms with E-state index >= 15 is 0 Å². The Kier molecular flexibility index (Phi) is 4.52. The zero-order valence-electron chi connectivity index (χ0n) is 15.3. The molecule has 0 aliphatic heterocycles. The number of aromatic amines is 1. The summed E-state index contributed by atoms with van der Waals surface area (Å²) >= 11 is 3.06. The summed E-state index contributed by atoms with van der Waals surface area (Å²) in [5.41, 5.74) is 3.22. The van der Waals surface area contributed by atoms with Gasteiger partial charge in [-0.25, -0.2) is 4.98 Å². The highest BCUT2D eigenvalue weighted by Crippen LogP contribution is 2.34. The molecular formula is C20H18N4O2S2. The van der Waals surface area contributed by atoms with Gasteiger partial charge in [-0.2, -0.15) is 4.98 Å². The Hall–Kier alpha value is -2.45. The van der Waals surface area contributed by atoms with Crippen LogP contribution >= 0.6 is 23.1 Å². The fourth-order valence-corrected chi connectivity index (χ4v) is 5.61. The van der Waals surface area contributed by atoms with Crippen molar-refractivity contribution in [1.29, 1.82) is 0 Å². The van der Waals surface area contributed by atoms with Crippen LogP contribution in [0.25, 0.3) is 21.6 Å². The molecule has 3 aromatic heterocycles. The predicted molar refractivity (Wildman–Crippen MR) is 111 cm³/mol. The highest BCUT2D eigenvalue weighted by atomic mass is 32.2. The molecule has 0 saturated heterocycles. The first-order chi connectivity index (χ1) is 13.7. The summed E-state index contributed by atoms with van der Waals surface area (Å²) in [6.45, 7) is 2.02. The van der Waals surface area contributed by atoms with Crippen molar-refractivity contribution in [3.05, 3.63) is 56.5 Å². The van der Waals surface area contributed by atoms with Crippen LogP contribution in [0.3, 0.4) is 0 Å². The zero-order valence-corrected chi connectivity index (χ0v) is 17.0. The molecule has 1 aliphatic carbocycles. The van der Waals surface area contributed by atoms with Crippen molar-refractivity contribution >= 4 is 33.3 Å². The lowest BCUT2D eigenvalue weighted by Crippen LogP contribution is -2.10. The van der Waals surface area contributed by atoms with Crippen molar-refractivity contribution in [1.82, 2.24) is 20.1 Å². The first-order valence-electron chi connectivity index (χ1n) is 9.25. The molecule has 1 aromatic carbocycles. The predicted octanol–water partition coefficient (Wildman–Crippen LogP) is 4.51. The van der Waals surface area contributed by atoms with Gasteiger partial charge in [0, 0.05) is 10.4 Å². The number of aromatic nitrogens is 4. The minimum Gasteiger partial charge on any atom is -0.338 e. The molecule has 1 N–H and O–H groups in total. The van der Waals surface area contributed by atoms with Crippen LogP contribution in [0.1, 0.15) is 34.7 Å². The number of hydrogen-bond donors (Lipinski definition) is 1. The molecule has 0 radical (unpaired) electrons. The van der Waals surface area contributed by atoms with Gasteiger partial charge < -0.3 is 9.51 Å². The Balaban J connectivity index is 1.38. The van der Waals surface area contributed by atoms with E-state index in [2.05, 4.69) is 20.1 Å². The molecule has 0 saturated carbocycles. The summed E-state index contributed by atoms with van der Waals surface area (Å²) in [6.07, 6.45) is 4.38. The maximum Gasteiger partial charge on any atom is 0.260 e. The minimum atomic E-state index is -0.0435. The number of thioether (sulfide) groups is 1. The number of aryl methyl sites for hydroxylation is 3. The Morgan fingerprint density at radius 2 is 2.07 bits per heavy atom. The quantitative estimate of drug-likeness (QED) is 0.393. The molecule has 6 nitrogen and oxygen atoms in total. The van der Waals surface area contributed by atoms with Crippen LogP contribution in [-0.2, 0) is 18.6 Å². The molecule has 0 spiro atoms. The highest BCUT2D eigenvalue weighted by molar-refractivity contribution is 7.98. The van der Waals surface area contributed by atoms with Crippen molar-refractivity contribution < 1.29 is 4.52 Å². The molecule has 1 aliphatic rings. The molecule has 5 rings (SSSR count). The van der Waals surface area contributed by atoms with Gasteiger partial charge >= 0.3 is 0 Å². The van der Waals surface area contributed by atoms with Crippen molar-refractivity contribution in [3.8, 4) is 11.4 Å². The Bertz CT molecular complexity index is 1220. The molecule has 28 heavy (non-hydrogen) atoms. The van der Waals surface area contributed by atoms with Crippen molar-refractivity contribution in [2.75, 3.05) is 0 Å². The van der Waals surface area contributed by atoms with Gasteiger partial charge in [-0.05, 0) is 43.7 Å². The minimum absolute atomic E-state index is 0.0435. The maximum atomic E-state index is 12.6. The van der Waals surface area contributed by atoms with Crippen LogP contribution in [0, 0.1) is 6.92 Å². The number of fused-ring (bicyclic) bond motifs is 3. The van der Waals surface area contributed by atoms with Crippen LogP contribution in [0.4, 0.5) is 0 Å². The van der Waals surface area contributed by atoms with E-state index in [-0.39, 0.29) is 5.56 Å². The highest BCUT2D eigenvalue weighted by Gasteiger charge is 2.20. The molecule has 4 aromatic rings. The van der Waals surface area contributed by atoms with Gasteiger partial charge in [-0.15, -0.1) is 11.3 Å². The van der Waals surface area contributed by atoms with E-state index in [9.17, 15) is 4.79 Å². The Morgan fingerprint density at radius 1 is 1.21 bits per heavy atom. The topological polar surface area (TPSA) is 84.7 Å². The third-order valence-corrected chi connectivity index (χ3v) is 7.03. The molecule has 0 atom stereocenters. The summed E-state index contributed by atoms with van der Waals surface area (Å²) in [7, 11) is 0. The third-order valence-electron chi connectivity index (χ3n) is 4.99. The van der Waals surface area contributed by atoms with E-state index in [0.29, 0.717) is 22.6 Å². The average Bonchev–Trinajstić information content (AvgIpc) is 3.31. The smallest absolute Gasteiger partial charge is 0.260 e. The van der Waals surface area contributed by atoms with Crippen LogP contribution in [-0.4, -0.2) is 20.1 Å². The van der Waals surface area contributed by atoms with Crippen LogP contribution in [0.15, 0.2) is 38.7 Å². The van der Waals surface area contributed by atoms with Gasteiger partial charge in [0.15, 0.2) is 5.16 Å². The summed E-state index contributed by atoms with van der Waals surface area (Å²) in [6, 6.07) is 7.93. The van der Waals surface area contributed by atoms with Gasteiger partial charge in [0.1, 0.15) is 4.83 Å². The Morgan fingerprint density at radius 3 is 2.96 bits per heavy atom. The van der Waals surface area contributed by atoms with Crippen molar-refractivity contribution in [2.45, 2.75) is 43.5 Å². The second kappa shape index (κ2) is 7.18. The normalized spacial score (nSPS) is 13.8. The third kappa shape index (κ3) is 3.16. The van der Waals surface area contributed by atoms with Gasteiger partial charge in [-0.1, -0.05) is 41.2 Å². The van der Waals surface area contributed by atoms with Gasteiger partial charge in [-0.3, -0.25) is 4.79 Å². The number of hydrogen-bond acceptors (Lipinski definition) is 7. The molecule has 8 heteroatoms. The van der Waals surface area contributed by atoms with E-state index in [0.717, 1.165) is 40.6 Å². The molecule has 3 heterocycles. The molecule has 142 valence electrons.